The number of hydrogen-bond donors (Lipinski definition) is 1. The monoisotopic (exact) mass is 212 g/mol. The van der Waals surface area contributed by atoms with Crippen LogP contribution in [0, 0.1) is 0 Å². The van der Waals surface area contributed by atoms with Crippen LogP contribution in [0.2, 0.25) is 0 Å². The quantitative estimate of drug-likeness (QED) is 0.672. The summed E-state index contributed by atoms with van der Waals surface area (Å²) >= 11 is 0. The van der Waals surface area contributed by atoms with Crippen molar-refractivity contribution in [3.63, 3.8) is 0 Å². The summed E-state index contributed by atoms with van der Waals surface area (Å²) in [5.74, 6) is -0.0362. The minimum Gasteiger partial charge on any atom is -0.468 e. The van der Waals surface area contributed by atoms with Crippen LogP contribution in [0.1, 0.15) is 25.7 Å². The van der Waals surface area contributed by atoms with E-state index in [9.17, 15) is 4.79 Å². The minimum atomic E-state index is -0.323. The molecule has 4 nitrogen and oxygen atoms in total. The van der Waals surface area contributed by atoms with Gasteiger partial charge in [-0.05, 0) is 51.9 Å². The van der Waals surface area contributed by atoms with Crippen LogP contribution in [0.15, 0.2) is 0 Å². The fourth-order valence-corrected chi connectivity index (χ4v) is 2.82. The van der Waals surface area contributed by atoms with E-state index in [0.717, 1.165) is 39.0 Å². The summed E-state index contributed by atoms with van der Waals surface area (Å²) < 4.78 is 5.00. The van der Waals surface area contributed by atoms with Gasteiger partial charge >= 0.3 is 5.97 Å². The highest BCUT2D eigenvalue weighted by molar-refractivity contribution is 5.81. The summed E-state index contributed by atoms with van der Waals surface area (Å²) in [7, 11) is 1.50. The van der Waals surface area contributed by atoms with Crippen molar-refractivity contribution in [2.45, 2.75) is 31.2 Å². The Labute approximate surface area is 91.0 Å². The first-order valence-electron chi connectivity index (χ1n) is 5.84. The summed E-state index contributed by atoms with van der Waals surface area (Å²) in [6, 6.07) is 0. The second kappa shape index (κ2) is 4.49. The molecule has 2 rings (SSSR count). The van der Waals surface area contributed by atoms with Crippen molar-refractivity contribution in [1.29, 1.82) is 0 Å². The van der Waals surface area contributed by atoms with Crippen LogP contribution in [0.5, 0.6) is 0 Å². The van der Waals surface area contributed by atoms with Crippen molar-refractivity contribution < 1.29 is 9.53 Å². The maximum atomic E-state index is 12.0. The predicted molar refractivity (Wildman–Crippen MR) is 57.7 cm³/mol. The van der Waals surface area contributed by atoms with Gasteiger partial charge in [-0.1, -0.05) is 0 Å². The third-order valence-electron chi connectivity index (χ3n) is 3.71. The van der Waals surface area contributed by atoms with E-state index in [1.54, 1.807) is 0 Å². The molecule has 0 spiro atoms. The molecule has 0 amide bonds. The fourth-order valence-electron chi connectivity index (χ4n) is 2.82. The Morgan fingerprint density at radius 1 is 1.27 bits per heavy atom. The molecular weight excluding hydrogens is 192 g/mol. The van der Waals surface area contributed by atoms with Crippen molar-refractivity contribution in [1.82, 2.24) is 10.2 Å². The molecule has 2 aliphatic heterocycles. The number of hydrogen-bond acceptors (Lipinski definition) is 4. The van der Waals surface area contributed by atoms with Gasteiger partial charge in [-0.2, -0.15) is 0 Å². The molecule has 0 unspecified atom stereocenters. The summed E-state index contributed by atoms with van der Waals surface area (Å²) in [5, 5.41) is 3.31. The zero-order valence-corrected chi connectivity index (χ0v) is 9.42. The molecule has 0 saturated carbocycles. The lowest BCUT2D eigenvalue weighted by atomic mass is 9.86. The lowest BCUT2D eigenvalue weighted by molar-refractivity contribution is -0.156. The zero-order valence-electron chi connectivity index (χ0n) is 9.42. The molecule has 4 heteroatoms. The Hall–Kier alpha value is -0.610. The van der Waals surface area contributed by atoms with E-state index >= 15 is 0 Å². The number of nitrogens with one attached hydrogen (secondary N) is 1. The first-order chi connectivity index (χ1) is 7.29. The van der Waals surface area contributed by atoms with Crippen LogP contribution in [0.25, 0.3) is 0 Å². The second-order valence-electron chi connectivity index (χ2n) is 4.47. The minimum absolute atomic E-state index is 0.0362. The lowest BCUT2D eigenvalue weighted by Crippen LogP contribution is -2.59. The lowest BCUT2D eigenvalue weighted by Gasteiger charge is -2.42. The van der Waals surface area contributed by atoms with Gasteiger partial charge in [-0.15, -0.1) is 0 Å². The Bertz CT molecular complexity index is 231. The van der Waals surface area contributed by atoms with Crippen molar-refractivity contribution in [3.8, 4) is 0 Å². The van der Waals surface area contributed by atoms with E-state index in [1.807, 2.05) is 0 Å². The summed E-state index contributed by atoms with van der Waals surface area (Å²) in [6.07, 6.45) is 4.21. The predicted octanol–water partition coefficient (Wildman–Crippen LogP) is 0.377. The smallest absolute Gasteiger partial charge is 0.326 e. The second-order valence-corrected chi connectivity index (χ2v) is 4.47. The van der Waals surface area contributed by atoms with Crippen molar-refractivity contribution in [3.05, 3.63) is 0 Å². The van der Waals surface area contributed by atoms with Gasteiger partial charge < -0.3 is 10.1 Å². The molecule has 2 saturated heterocycles. The molecule has 0 atom stereocenters. The largest absolute Gasteiger partial charge is 0.468 e. The van der Waals surface area contributed by atoms with Gasteiger partial charge in [-0.25, -0.2) is 0 Å². The van der Waals surface area contributed by atoms with Gasteiger partial charge in [0.05, 0.1) is 7.11 Å². The third-order valence-corrected chi connectivity index (χ3v) is 3.71. The zero-order chi connectivity index (χ0) is 10.7. The van der Waals surface area contributed by atoms with Gasteiger partial charge in [0.1, 0.15) is 5.54 Å². The van der Waals surface area contributed by atoms with E-state index in [4.69, 9.17) is 4.74 Å². The van der Waals surface area contributed by atoms with Gasteiger partial charge in [0.2, 0.25) is 0 Å². The van der Waals surface area contributed by atoms with Crippen LogP contribution in [-0.4, -0.2) is 49.7 Å². The number of methoxy groups -OCH3 is 1. The van der Waals surface area contributed by atoms with Crippen LogP contribution >= 0.6 is 0 Å². The molecule has 86 valence electrons. The fraction of sp³-hybridized carbons (Fsp3) is 0.909. The van der Waals surface area contributed by atoms with Crippen molar-refractivity contribution in [2.24, 2.45) is 0 Å². The van der Waals surface area contributed by atoms with Gasteiger partial charge in [0.15, 0.2) is 0 Å². The average molecular weight is 212 g/mol. The van der Waals surface area contributed by atoms with Crippen molar-refractivity contribution >= 4 is 5.97 Å². The normalized spacial score (nSPS) is 26.5. The molecule has 0 aromatic rings. The summed E-state index contributed by atoms with van der Waals surface area (Å²) in [6.45, 7) is 3.95. The number of rotatable bonds is 2. The highest BCUT2D eigenvalue weighted by Crippen LogP contribution is 2.30. The molecule has 2 aliphatic rings. The first kappa shape index (κ1) is 10.9. The van der Waals surface area contributed by atoms with Crippen LogP contribution in [0.3, 0.4) is 0 Å². The van der Waals surface area contributed by atoms with Gasteiger partial charge in [0, 0.05) is 0 Å². The van der Waals surface area contributed by atoms with E-state index in [0.29, 0.717) is 0 Å². The molecule has 0 aliphatic carbocycles. The Kier molecular flexibility index (Phi) is 3.26. The van der Waals surface area contributed by atoms with Crippen LogP contribution in [0.4, 0.5) is 0 Å². The van der Waals surface area contributed by atoms with E-state index in [1.165, 1.54) is 20.0 Å². The number of esters is 1. The van der Waals surface area contributed by atoms with Crippen molar-refractivity contribution in [2.75, 3.05) is 33.3 Å². The average Bonchev–Trinajstić information content (AvgIpc) is 2.83. The molecule has 0 aromatic heterocycles. The Morgan fingerprint density at radius 2 is 1.87 bits per heavy atom. The molecule has 2 fully saturated rings. The maximum absolute atomic E-state index is 12.0. The standard InChI is InChI=1S/C11H20N2O2/c1-15-10(14)11(4-6-12-7-5-11)13-8-2-3-9-13/h12H,2-9H2,1H3. The third kappa shape index (κ3) is 1.88. The number of ether oxygens (including phenoxy) is 1. The Balaban J connectivity index is 2.16. The van der Waals surface area contributed by atoms with E-state index in [2.05, 4.69) is 10.2 Å². The van der Waals surface area contributed by atoms with E-state index < -0.39 is 0 Å². The highest BCUT2D eigenvalue weighted by Gasteiger charge is 2.46. The van der Waals surface area contributed by atoms with Gasteiger partial charge in [-0.3, -0.25) is 9.69 Å². The molecule has 0 radical (unpaired) electrons. The Morgan fingerprint density at radius 3 is 2.40 bits per heavy atom. The number of carbonyl (C=O) groups excluding carboxylic acids is 1. The first-order valence-corrected chi connectivity index (χ1v) is 5.84. The summed E-state index contributed by atoms with van der Waals surface area (Å²) in [5.41, 5.74) is -0.323. The molecule has 2 heterocycles. The molecule has 0 aromatic carbocycles. The number of piperidine rings is 1. The summed E-state index contributed by atoms with van der Waals surface area (Å²) in [4.78, 5) is 14.3. The molecule has 0 bridgehead atoms. The number of nitrogens with zero attached hydrogens (tertiary/aromatic N) is 1. The maximum Gasteiger partial charge on any atom is 0.326 e. The highest BCUT2D eigenvalue weighted by atomic mass is 16.5. The van der Waals surface area contributed by atoms with Crippen LogP contribution < -0.4 is 5.32 Å². The topological polar surface area (TPSA) is 41.6 Å². The molecule has 15 heavy (non-hydrogen) atoms. The molecular formula is C11H20N2O2. The number of carbonyl (C=O) groups is 1. The van der Waals surface area contributed by atoms with E-state index in [-0.39, 0.29) is 11.5 Å². The van der Waals surface area contributed by atoms with Crippen LogP contribution in [-0.2, 0) is 9.53 Å². The molecule has 1 N–H and O–H groups in total. The SMILES string of the molecule is COC(=O)C1(N2CCCC2)CCNCC1. The van der Waals surface area contributed by atoms with Gasteiger partial charge in [0.25, 0.3) is 0 Å². The number of likely N-dealkylation sites (tertiary alicyclic amines) is 1.